The summed E-state index contributed by atoms with van der Waals surface area (Å²) in [6.45, 7) is 2.61. The third-order valence-electron chi connectivity index (χ3n) is 5.10. The Hall–Kier alpha value is -2.71. The van der Waals surface area contributed by atoms with E-state index in [9.17, 15) is 4.79 Å². The number of benzene rings is 3. The molecule has 1 heterocycles. The number of hydrogen-bond donors (Lipinski definition) is 2. The molecule has 36 heavy (non-hydrogen) atoms. The van der Waals surface area contributed by atoms with E-state index in [1.807, 2.05) is 19.1 Å². The van der Waals surface area contributed by atoms with Crippen molar-refractivity contribution >= 4 is 64.2 Å². The van der Waals surface area contributed by atoms with Crippen LogP contribution >= 0.6 is 46.6 Å². The number of ether oxygens (including phenoxy) is 3. The highest BCUT2D eigenvalue weighted by atomic mass is 35.5. The molecule has 1 aliphatic heterocycles. The topological polar surface area (TPSA) is 68.8 Å². The van der Waals surface area contributed by atoms with Crippen LogP contribution in [0.15, 0.2) is 59.5 Å². The van der Waals surface area contributed by atoms with E-state index in [-0.39, 0.29) is 5.91 Å². The van der Waals surface area contributed by atoms with Gasteiger partial charge in [0.1, 0.15) is 12.4 Å². The zero-order valence-corrected chi connectivity index (χ0v) is 22.5. The number of amides is 1. The summed E-state index contributed by atoms with van der Waals surface area (Å²) >= 11 is 20.0. The van der Waals surface area contributed by atoms with Crippen molar-refractivity contribution in [3.63, 3.8) is 0 Å². The molecule has 1 saturated heterocycles. The summed E-state index contributed by atoms with van der Waals surface area (Å²) in [6.07, 6.45) is 1.76. The van der Waals surface area contributed by atoms with Gasteiger partial charge in [-0.2, -0.15) is 0 Å². The first-order valence-corrected chi connectivity index (χ1v) is 13.0. The van der Waals surface area contributed by atoms with Crippen molar-refractivity contribution in [1.82, 2.24) is 5.32 Å². The first-order valence-electron chi connectivity index (χ1n) is 11.0. The molecule has 10 heteroatoms. The molecule has 0 bridgehead atoms. The lowest BCUT2D eigenvalue weighted by atomic mass is 10.1. The van der Waals surface area contributed by atoms with E-state index in [1.165, 1.54) is 11.8 Å². The van der Waals surface area contributed by atoms with Gasteiger partial charge in [0.15, 0.2) is 17.0 Å². The van der Waals surface area contributed by atoms with E-state index in [0.29, 0.717) is 61.7 Å². The lowest BCUT2D eigenvalue weighted by molar-refractivity contribution is -0.116. The monoisotopic (exact) mass is 564 g/mol. The molecular weight excluding hydrogens is 543 g/mol. The van der Waals surface area contributed by atoms with Crippen LogP contribution in [0.3, 0.4) is 0 Å². The molecule has 0 radical (unpaired) electrons. The van der Waals surface area contributed by atoms with Crippen LogP contribution in [0.1, 0.15) is 18.1 Å². The summed E-state index contributed by atoms with van der Waals surface area (Å²) in [5.74, 6) is 1.34. The van der Waals surface area contributed by atoms with Crippen LogP contribution in [0.25, 0.3) is 6.08 Å². The van der Waals surface area contributed by atoms with Crippen LogP contribution in [0, 0.1) is 0 Å². The molecule has 3 aromatic carbocycles. The van der Waals surface area contributed by atoms with Crippen LogP contribution < -0.4 is 24.8 Å². The SMILES string of the molecule is CCOc1cc(/C=C2\SC(Nc3cc(Cl)ccc3OC)NC2=O)cc(Cl)c1OCc1ccc(Cl)cc1. The Morgan fingerprint density at radius 1 is 1.00 bits per heavy atom. The second-order valence-corrected chi connectivity index (χ2v) is 10.1. The fraction of sp³-hybridized carbons (Fsp3) is 0.192. The Labute approximate surface area is 228 Å². The summed E-state index contributed by atoms with van der Waals surface area (Å²) in [5.41, 5.74) is 1.92. The normalized spacial score (nSPS) is 16.1. The molecule has 1 fully saturated rings. The maximum absolute atomic E-state index is 12.7. The Kier molecular flexibility index (Phi) is 8.80. The van der Waals surface area contributed by atoms with Crippen molar-refractivity contribution in [3.8, 4) is 17.2 Å². The van der Waals surface area contributed by atoms with Crippen molar-refractivity contribution in [2.75, 3.05) is 19.0 Å². The van der Waals surface area contributed by atoms with Crippen LogP contribution in [0.2, 0.25) is 15.1 Å². The van der Waals surface area contributed by atoms with Crippen molar-refractivity contribution in [2.24, 2.45) is 0 Å². The summed E-state index contributed by atoms with van der Waals surface area (Å²) < 4.78 is 17.1. The summed E-state index contributed by atoms with van der Waals surface area (Å²) in [6, 6.07) is 16.1. The molecule has 0 spiro atoms. The molecule has 6 nitrogen and oxygen atoms in total. The Bertz CT molecular complexity index is 1280. The molecule has 188 valence electrons. The average Bonchev–Trinajstić information content (AvgIpc) is 3.18. The zero-order chi connectivity index (χ0) is 25.7. The average molecular weight is 566 g/mol. The number of nitrogens with one attached hydrogen (secondary N) is 2. The van der Waals surface area contributed by atoms with Gasteiger partial charge in [-0.25, -0.2) is 0 Å². The summed E-state index contributed by atoms with van der Waals surface area (Å²) in [7, 11) is 1.57. The number of thioether (sulfide) groups is 1. The number of methoxy groups -OCH3 is 1. The minimum Gasteiger partial charge on any atom is -0.495 e. The largest absolute Gasteiger partial charge is 0.495 e. The third-order valence-corrected chi connectivity index (χ3v) is 6.90. The van der Waals surface area contributed by atoms with Crippen molar-refractivity contribution in [3.05, 3.63) is 85.7 Å². The smallest absolute Gasteiger partial charge is 0.260 e. The van der Waals surface area contributed by atoms with E-state index in [0.717, 1.165) is 5.56 Å². The second kappa shape index (κ2) is 12.0. The predicted octanol–water partition coefficient (Wildman–Crippen LogP) is 7.23. The molecule has 1 unspecified atom stereocenters. The van der Waals surface area contributed by atoms with Gasteiger partial charge < -0.3 is 24.8 Å². The Morgan fingerprint density at radius 2 is 1.75 bits per heavy atom. The first-order chi connectivity index (χ1) is 17.4. The summed E-state index contributed by atoms with van der Waals surface area (Å²) in [4.78, 5) is 13.2. The molecule has 0 aromatic heterocycles. The van der Waals surface area contributed by atoms with Crippen LogP contribution in [-0.2, 0) is 11.4 Å². The van der Waals surface area contributed by atoms with Crippen molar-refractivity contribution < 1.29 is 19.0 Å². The van der Waals surface area contributed by atoms with E-state index >= 15 is 0 Å². The molecule has 3 aromatic rings. The van der Waals surface area contributed by atoms with Gasteiger partial charge in [0.05, 0.1) is 29.3 Å². The molecule has 0 aliphatic carbocycles. The molecule has 2 N–H and O–H groups in total. The molecule has 1 aliphatic rings. The quantitative estimate of drug-likeness (QED) is 0.267. The lowest BCUT2D eigenvalue weighted by Crippen LogP contribution is -2.31. The number of carbonyl (C=O) groups excluding carboxylic acids is 1. The number of rotatable bonds is 9. The maximum Gasteiger partial charge on any atom is 0.260 e. The first kappa shape index (κ1) is 26.4. The van der Waals surface area contributed by atoms with Crippen LogP contribution in [0.5, 0.6) is 17.2 Å². The van der Waals surface area contributed by atoms with Gasteiger partial charge in [-0.15, -0.1) is 0 Å². The minimum absolute atomic E-state index is 0.212. The molecule has 0 saturated carbocycles. The number of carbonyl (C=O) groups is 1. The van der Waals surface area contributed by atoms with Crippen molar-refractivity contribution in [2.45, 2.75) is 19.0 Å². The highest BCUT2D eigenvalue weighted by molar-refractivity contribution is 8.05. The van der Waals surface area contributed by atoms with E-state index in [4.69, 9.17) is 49.0 Å². The summed E-state index contributed by atoms with van der Waals surface area (Å²) in [5, 5.41) is 7.72. The highest BCUT2D eigenvalue weighted by Gasteiger charge is 2.28. The number of halogens is 3. The Balaban J connectivity index is 1.52. The van der Waals surface area contributed by atoms with Gasteiger partial charge in [0.25, 0.3) is 5.91 Å². The van der Waals surface area contributed by atoms with Gasteiger partial charge in [0.2, 0.25) is 0 Å². The fourth-order valence-electron chi connectivity index (χ4n) is 3.46. The van der Waals surface area contributed by atoms with Gasteiger partial charge in [0, 0.05) is 10.0 Å². The van der Waals surface area contributed by atoms with Crippen LogP contribution in [-0.4, -0.2) is 25.1 Å². The molecular formula is C26H23Cl3N2O4S. The maximum atomic E-state index is 12.7. The molecule has 1 amide bonds. The van der Waals surface area contributed by atoms with Gasteiger partial charge in [-0.05, 0) is 66.6 Å². The van der Waals surface area contributed by atoms with E-state index in [1.54, 1.807) is 55.7 Å². The van der Waals surface area contributed by atoms with E-state index < -0.39 is 5.50 Å². The fourth-order valence-corrected chi connectivity index (χ4v) is 5.01. The zero-order valence-electron chi connectivity index (χ0n) is 19.4. The number of hydrogen-bond acceptors (Lipinski definition) is 6. The number of anilines is 1. The Morgan fingerprint density at radius 3 is 2.47 bits per heavy atom. The molecule has 1 atom stereocenters. The molecule has 4 rings (SSSR count). The second-order valence-electron chi connectivity index (χ2n) is 7.65. The van der Waals surface area contributed by atoms with Gasteiger partial charge in [-0.3, -0.25) is 4.79 Å². The lowest BCUT2D eigenvalue weighted by Gasteiger charge is -2.16. The van der Waals surface area contributed by atoms with E-state index in [2.05, 4.69) is 10.6 Å². The van der Waals surface area contributed by atoms with Gasteiger partial charge >= 0.3 is 0 Å². The minimum atomic E-state index is -0.403. The standard InChI is InChI=1S/C26H23Cl3N2O4S/c1-3-34-22-11-16(10-19(29)24(22)35-14-15-4-6-17(27)7-5-15)12-23-25(32)31-26(36-23)30-20-13-18(28)8-9-21(20)33-2/h4-13,26,30H,3,14H2,1-2H3,(H,31,32)/b23-12-. The van der Waals surface area contributed by atoms with Crippen LogP contribution in [0.4, 0.5) is 5.69 Å². The predicted molar refractivity (Wildman–Crippen MR) is 148 cm³/mol. The van der Waals surface area contributed by atoms with Crippen molar-refractivity contribution in [1.29, 1.82) is 0 Å². The highest BCUT2D eigenvalue weighted by Crippen LogP contribution is 2.39. The van der Waals surface area contributed by atoms with Gasteiger partial charge in [-0.1, -0.05) is 58.7 Å². The third kappa shape index (κ3) is 6.53.